The van der Waals surface area contributed by atoms with Gasteiger partial charge in [-0.05, 0) is 99.8 Å². The van der Waals surface area contributed by atoms with Gasteiger partial charge in [-0.1, -0.05) is 164 Å². The summed E-state index contributed by atoms with van der Waals surface area (Å²) >= 11 is 0. The molecule has 61 heavy (non-hydrogen) atoms. The van der Waals surface area contributed by atoms with E-state index < -0.39 is 0 Å². The van der Waals surface area contributed by atoms with E-state index in [0.717, 1.165) is 61.4 Å². The summed E-state index contributed by atoms with van der Waals surface area (Å²) < 4.78 is 8.66. The van der Waals surface area contributed by atoms with Crippen molar-refractivity contribution in [1.82, 2.24) is 4.57 Å². The predicted octanol–water partition coefficient (Wildman–Crippen LogP) is 16.3. The SMILES string of the molecule is c1ccc(-c2ccc(N(c3ccc(-c4ccccc4-n4c5ccccc5c5ccccc54)cc3)c3ccccc3-c3ccc4c(ccc5oc6ccccc6c54)c3)cc2)cc1. The van der Waals surface area contributed by atoms with Gasteiger partial charge in [0.1, 0.15) is 11.2 Å². The number of hydrogen-bond donors (Lipinski definition) is 0. The van der Waals surface area contributed by atoms with Crippen LogP contribution in [0.2, 0.25) is 0 Å². The molecule has 0 N–H and O–H groups in total. The molecule has 0 aliphatic heterocycles. The van der Waals surface area contributed by atoms with Crippen LogP contribution >= 0.6 is 0 Å². The van der Waals surface area contributed by atoms with Gasteiger partial charge in [0.05, 0.1) is 22.4 Å². The van der Waals surface area contributed by atoms with Gasteiger partial charge in [-0.2, -0.15) is 0 Å². The minimum atomic E-state index is 0.910. The molecular formula is C58H38N2O. The van der Waals surface area contributed by atoms with Crippen molar-refractivity contribution < 1.29 is 4.42 Å². The van der Waals surface area contributed by atoms with Crippen LogP contribution in [0.4, 0.5) is 17.1 Å². The first kappa shape index (κ1) is 34.9. The first-order chi connectivity index (χ1) is 30.3. The second-order valence-corrected chi connectivity index (χ2v) is 15.7. The van der Waals surface area contributed by atoms with Gasteiger partial charge in [-0.15, -0.1) is 0 Å². The molecule has 12 aromatic rings. The quantitative estimate of drug-likeness (QED) is 0.161. The lowest BCUT2D eigenvalue weighted by Crippen LogP contribution is -2.11. The number of anilines is 3. The molecule has 3 nitrogen and oxygen atoms in total. The van der Waals surface area contributed by atoms with E-state index in [1.165, 1.54) is 49.3 Å². The molecular weight excluding hydrogens is 741 g/mol. The Morgan fingerprint density at radius 1 is 0.344 bits per heavy atom. The van der Waals surface area contributed by atoms with Crippen molar-refractivity contribution in [1.29, 1.82) is 0 Å². The number of hydrogen-bond acceptors (Lipinski definition) is 2. The van der Waals surface area contributed by atoms with Crippen molar-refractivity contribution in [3.05, 3.63) is 231 Å². The van der Waals surface area contributed by atoms with Crippen LogP contribution in [0.5, 0.6) is 0 Å². The topological polar surface area (TPSA) is 21.3 Å². The average Bonchev–Trinajstić information content (AvgIpc) is 3.89. The maximum Gasteiger partial charge on any atom is 0.136 e. The van der Waals surface area contributed by atoms with Gasteiger partial charge in [-0.25, -0.2) is 0 Å². The van der Waals surface area contributed by atoms with Crippen molar-refractivity contribution >= 4 is 71.6 Å². The highest BCUT2D eigenvalue weighted by Crippen LogP contribution is 2.44. The largest absolute Gasteiger partial charge is 0.456 e. The third kappa shape index (κ3) is 5.82. The Bertz CT molecular complexity index is 3520. The van der Waals surface area contributed by atoms with Crippen LogP contribution < -0.4 is 4.90 Å². The zero-order chi connectivity index (χ0) is 40.3. The lowest BCUT2D eigenvalue weighted by Gasteiger charge is -2.28. The maximum absolute atomic E-state index is 6.25. The van der Waals surface area contributed by atoms with E-state index in [4.69, 9.17) is 4.42 Å². The molecule has 2 aromatic heterocycles. The molecule has 0 spiro atoms. The minimum Gasteiger partial charge on any atom is -0.456 e. The fourth-order valence-corrected chi connectivity index (χ4v) is 9.38. The molecule has 0 atom stereocenters. The number of para-hydroxylation sites is 5. The molecule has 0 saturated carbocycles. The number of rotatable bonds is 7. The average molecular weight is 779 g/mol. The van der Waals surface area contributed by atoms with Gasteiger partial charge in [0.15, 0.2) is 0 Å². The predicted molar refractivity (Wildman–Crippen MR) is 257 cm³/mol. The summed E-state index contributed by atoms with van der Waals surface area (Å²) in [6, 6.07) is 83.0. The number of fused-ring (bicyclic) bond motifs is 8. The number of aromatic nitrogens is 1. The van der Waals surface area contributed by atoms with Crippen LogP contribution in [0.15, 0.2) is 235 Å². The molecule has 0 aliphatic rings. The van der Waals surface area contributed by atoms with Gasteiger partial charge in [0.2, 0.25) is 0 Å². The van der Waals surface area contributed by atoms with E-state index in [0.29, 0.717) is 0 Å². The fraction of sp³-hybridized carbons (Fsp3) is 0. The number of benzene rings is 10. The molecule has 0 unspecified atom stereocenters. The highest BCUT2D eigenvalue weighted by Gasteiger charge is 2.20. The molecule has 0 fully saturated rings. The normalized spacial score (nSPS) is 11.6. The highest BCUT2D eigenvalue weighted by molar-refractivity contribution is 6.19. The molecule has 0 aliphatic carbocycles. The van der Waals surface area contributed by atoms with Crippen LogP contribution in [-0.2, 0) is 0 Å². The summed E-state index contributed by atoms with van der Waals surface area (Å²) in [6.45, 7) is 0. The second-order valence-electron chi connectivity index (χ2n) is 15.7. The van der Waals surface area contributed by atoms with Crippen molar-refractivity contribution in [3.63, 3.8) is 0 Å². The lowest BCUT2D eigenvalue weighted by atomic mass is 9.96. The standard InChI is InChI=1S/C58H38N2O/c1-2-14-39(15-3-1)40-26-32-44(33-27-40)59(52-21-9-5-17-47(52)42-30-36-48-43(38-42)31-37-57-58(48)51-20-8-13-25-56(51)61-57)45-34-28-41(29-35-45)46-16-4-10-22-53(46)60-54-23-11-6-18-49(54)50-19-7-12-24-55(50)60/h1-38H. The molecule has 0 bridgehead atoms. The summed E-state index contributed by atoms with van der Waals surface area (Å²) in [5.74, 6) is 0. The summed E-state index contributed by atoms with van der Waals surface area (Å²) in [5.41, 5.74) is 15.6. The van der Waals surface area contributed by atoms with Crippen LogP contribution in [-0.4, -0.2) is 4.57 Å². The molecule has 3 heteroatoms. The Hall–Kier alpha value is -8.14. The molecule has 0 radical (unpaired) electrons. The monoisotopic (exact) mass is 778 g/mol. The molecule has 2 heterocycles. The Balaban J connectivity index is 0.995. The molecule has 0 saturated heterocycles. The maximum atomic E-state index is 6.25. The Kier molecular flexibility index (Phi) is 8.17. The summed E-state index contributed by atoms with van der Waals surface area (Å²) in [7, 11) is 0. The van der Waals surface area contributed by atoms with E-state index >= 15 is 0 Å². The van der Waals surface area contributed by atoms with E-state index in [1.54, 1.807) is 0 Å². The Morgan fingerprint density at radius 2 is 0.902 bits per heavy atom. The van der Waals surface area contributed by atoms with Gasteiger partial charge in [0, 0.05) is 44.0 Å². The molecule has 10 aromatic carbocycles. The van der Waals surface area contributed by atoms with Crippen molar-refractivity contribution in [2.24, 2.45) is 0 Å². The Labute approximate surface area is 353 Å². The first-order valence-electron chi connectivity index (χ1n) is 20.8. The summed E-state index contributed by atoms with van der Waals surface area (Å²) in [4.78, 5) is 2.39. The third-order valence-electron chi connectivity index (χ3n) is 12.2. The van der Waals surface area contributed by atoms with E-state index in [9.17, 15) is 0 Å². The van der Waals surface area contributed by atoms with Crippen LogP contribution in [0.3, 0.4) is 0 Å². The van der Waals surface area contributed by atoms with Crippen LogP contribution in [0.1, 0.15) is 0 Å². The fourth-order valence-electron chi connectivity index (χ4n) is 9.38. The summed E-state index contributed by atoms with van der Waals surface area (Å²) in [5, 5.41) is 7.18. The zero-order valence-corrected chi connectivity index (χ0v) is 33.2. The smallest absolute Gasteiger partial charge is 0.136 e. The van der Waals surface area contributed by atoms with E-state index in [-0.39, 0.29) is 0 Å². The van der Waals surface area contributed by atoms with E-state index in [2.05, 4.69) is 228 Å². The van der Waals surface area contributed by atoms with Crippen LogP contribution in [0, 0.1) is 0 Å². The van der Waals surface area contributed by atoms with Crippen LogP contribution in [0.25, 0.3) is 93.6 Å². The van der Waals surface area contributed by atoms with Crippen molar-refractivity contribution in [2.45, 2.75) is 0 Å². The van der Waals surface area contributed by atoms with Gasteiger partial charge in [0.25, 0.3) is 0 Å². The number of nitrogens with zero attached hydrogens (tertiary/aromatic N) is 2. The van der Waals surface area contributed by atoms with E-state index in [1.807, 2.05) is 12.1 Å². The number of furan rings is 1. The molecule has 12 rings (SSSR count). The van der Waals surface area contributed by atoms with Gasteiger partial charge < -0.3 is 13.9 Å². The summed E-state index contributed by atoms with van der Waals surface area (Å²) in [6.07, 6.45) is 0. The minimum absolute atomic E-state index is 0.910. The van der Waals surface area contributed by atoms with Gasteiger partial charge in [-0.3, -0.25) is 0 Å². The molecule has 286 valence electrons. The highest BCUT2D eigenvalue weighted by atomic mass is 16.3. The Morgan fingerprint density at radius 3 is 1.64 bits per heavy atom. The lowest BCUT2D eigenvalue weighted by molar-refractivity contribution is 0.669. The van der Waals surface area contributed by atoms with Crippen molar-refractivity contribution in [3.8, 4) is 39.1 Å². The van der Waals surface area contributed by atoms with Crippen molar-refractivity contribution in [2.75, 3.05) is 4.90 Å². The third-order valence-corrected chi connectivity index (χ3v) is 12.2. The molecule has 0 amide bonds. The zero-order valence-electron chi connectivity index (χ0n) is 33.2. The second kappa shape index (κ2) is 14.3. The first-order valence-corrected chi connectivity index (χ1v) is 20.8. The van der Waals surface area contributed by atoms with Gasteiger partial charge >= 0.3 is 0 Å².